The van der Waals surface area contributed by atoms with Crippen molar-refractivity contribution in [3.05, 3.63) is 60.3 Å². The molecule has 112 valence electrons. The van der Waals surface area contributed by atoms with E-state index in [1.165, 1.54) is 0 Å². The van der Waals surface area contributed by atoms with Crippen LogP contribution in [0, 0.1) is 5.92 Å². The van der Waals surface area contributed by atoms with Gasteiger partial charge in [0.1, 0.15) is 5.82 Å². The molecule has 0 spiro atoms. The Bertz CT molecular complexity index is 673. The van der Waals surface area contributed by atoms with Crippen molar-refractivity contribution in [2.45, 2.75) is 12.5 Å². The first-order valence-electron chi connectivity index (χ1n) is 7.19. The third-order valence-electron chi connectivity index (χ3n) is 3.98. The summed E-state index contributed by atoms with van der Waals surface area (Å²) in [7, 11) is 1.74. The lowest BCUT2D eigenvalue weighted by molar-refractivity contribution is -0.127. The SMILES string of the molecule is CN1C(=O)CC(C(=O)Nc2ccccn2)C1c1ccccc1. The number of carbonyl (C=O) groups excluding carboxylic acids is 2. The van der Waals surface area contributed by atoms with E-state index >= 15 is 0 Å². The zero-order valence-corrected chi connectivity index (χ0v) is 12.3. The molecule has 2 heterocycles. The zero-order valence-electron chi connectivity index (χ0n) is 12.3. The van der Waals surface area contributed by atoms with E-state index in [2.05, 4.69) is 10.3 Å². The zero-order chi connectivity index (χ0) is 15.5. The van der Waals surface area contributed by atoms with Crippen LogP contribution < -0.4 is 5.32 Å². The number of hydrogen-bond acceptors (Lipinski definition) is 3. The summed E-state index contributed by atoms with van der Waals surface area (Å²) in [5.41, 5.74) is 0.969. The van der Waals surface area contributed by atoms with Gasteiger partial charge in [0.05, 0.1) is 12.0 Å². The number of nitrogens with zero attached hydrogens (tertiary/aromatic N) is 2. The monoisotopic (exact) mass is 295 g/mol. The summed E-state index contributed by atoms with van der Waals surface area (Å²) in [5.74, 6) is -0.108. The summed E-state index contributed by atoms with van der Waals surface area (Å²) in [6, 6.07) is 14.7. The molecule has 2 unspecified atom stereocenters. The number of rotatable bonds is 3. The first-order chi connectivity index (χ1) is 10.7. The number of nitrogens with one attached hydrogen (secondary N) is 1. The predicted molar refractivity (Wildman–Crippen MR) is 82.9 cm³/mol. The predicted octanol–water partition coefficient (Wildman–Crippen LogP) is 2.24. The number of benzene rings is 1. The summed E-state index contributed by atoms with van der Waals surface area (Å²) in [4.78, 5) is 30.4. The first-order valence-corrected chi connectivity index (χ1v) is 7.19. The highest BCUT2D eigenvalue weighted by Crippen LogP contribution is 2.37. The van der Waals surface area contributed by atoms with Crippen LogP contribution in [0.15, 0.2) is 54.7 Å². The maximum absolute atomic E-state index is 12.6. The highest BCUT2D eigenvalue weighted by Gasteiger charge is 2.42. The lowest BCUT2D eigenvalue weighted by Gasteiger charge is -2.24. The van der Waals surface area contributed by atoms with Crippen LogP contribution >= 0.6 is 0 Å². The molecule has 2 atom stereocenters. The molecule has 0 radical (unpaired) electrons. The average molecular weight is 295 g/mol. The van der Waals surface area contributed by atoms with Gasteiger partial charge < -0.3 is 10.2 Å². The number of carbonyl (C=O) groups is 2. The molecule has 1 fully saturated rings. The summed E-state index contributed by atoms with van der Waals surface area (Å²) < 4.78 is 0. The Kier molecular flexibility index (Phi) is 3.87. The van der Waals surface area contributed by atoms with Gasteiger partial charge in [-0.3, -0.25) is 9.59 Å². The fourth-order valence-electron chi connectivity index (χ4n) is 2.87. The van der Waals surface area contributed by atoms with Crippen LogP contribution in [0.5, 0.6) is 0 Å². The number of likely N-dealkylation sites (tertiary alicyclic amines) is 1. The highest BCUT2D eigenvalue weighted by molar-refractivity contribution is 5.97. The minimum Gasteiger partial charge on any atom is -0.338 e. The number of pyridine rings is 1. The Morgan fingerprint density at radius 1 is 1.18 bits per heavy atom. The summed E-state index contributed by atoms with van der Waals surface area (Å²) in [6.07, 6.45) is 1.84. The second-order valence-electron chi connectivity index (χ2n) is 5.38. The Morgan fingerprint density at radius 3 is 2.59 bits per heavy atom. The summed E-state index contributed by atoms with van der Waals surface area (Å²) in [5, 5.41) is 2.80. The topological polar surface area (TPSA) is 62.3 Å². The van der Waals surface area contributed by atoms with Crippen molar-refractivity contribution in [3.63, 3.8) is 0 Å². The number of aromatic nitrogens is 1. The molecular weight excluding hydrogens is 278 g/mol. The van der Waals surface area contributed by atoms with Crippen molar-refractivity contribution in [1.29, 1.82) is 0 Å². The van der Waals surface area contributed by atoms with E-state index in [1.54, 1.807) is 30.3 Å². The molecule has 5 nitrogen and oxygen atoms in total. The Hall–Kier alpha value is -2.69. The van der Waals surface area contributed by atoms with E-state index in [1.807, 2.05) is 36.4 Å². The smallest absolute Gasteiger partial charge is 0.231 e. The molecule has 3 rings (SSSR count). The Balaban J connectivity index is 1.84. The second-order valence-corrected chi connectivity index (χ2v) is 5.38. The van der Waals surface area contributed by atoms with Gasteiger partial charge in [-0.05, 0) is 17.7 Å². The van der Waals surface area contributed by atoms with Gasteiger partial charge in [-0.15, -0.1) is 0 Å². The van der Waals surface area contributed by atoms with Gasteiger partial charge in [-0.2, -0.15) is 0 Å². The number of amides is 2. The third kappa shape index (κ3) is 2.70. The maximum atomic E-state index is 12.6. The van der Waals surface area contributed by atoms with Gasteiger partial charge in [0.25, 0.3) is 0 Å². The van der Waals surface area contributed by atoms with Crippen LogP contribution in [0.2, 0.25) is 0 Å². The van der Waals surface area contributed by atoms with Crippen LogP contribution in [0.1, 0.15) is 18.0 Å². The lowest BCUT2D eigenvalue weighted by Crippen LogP contribution is -2.30. The molecule has 1 aromatic heterocycles. The molecule has 1 aromatic carbocycles. The summed E-state index contributed by atoms with van der Waals surface area (Å²) >= 11 is 0. The Labute approximate surface area is 129 Å². The minimum absolute atomic E-state index is 0.0185. The quantitative estimate of drug-likeness (QED) is 0.944. The highest BCUT2D eigenvalue weighted by atomic mass is 16.2. The van der Waals surface area contributed by atoms with Crippen LogP contribution in [0.25, 0.3) is 0 Å². The van der Waals surface area contributed by atoms with Crippen molar-refractivity contribution >= 4 is 17.6 Å². The van der Waals surface area contributed by atoms with E-state index in [-0.39, 0.29) is 24.3 Å². The van der Waals surface area contributed by atoms with Crippen LogP contribution in [0.3, 0.4) is 0 Å². The van der Waals surface area contributed by atoms with Crippen molar-refractivity contribution < 1.29 is 9.59 Å². The third-order valence-corrected chi connectivity index (χ3v) is 3.98. The largest absolute Gasteiger partial charge is 0.338 e. The van der Waals surface area contributed by atoms with Gasteiger partial charge >= 0.3 is 0 Å². The van der Waals surface area contributed by atoms with E-state index in [4.69, 9.17) is 0 Å². The molecule has 0 saturated carbocycles. The van der Waals surface area contributed by atoms with Crippen molar-refractivity contribution in [2.24, 2.45) is 5.92 Å². The van der Waals surface area contributed by atoms with E-state index in [0.717, 1.165) is 5.56 Å². The fraction of sp³-hybridized carbons (Fsp3) is 0.235. The number of hydrogen-bond donors (Lipinski definition) is 1. The molecule has 1 N–H and O–H groups in total. The molecule has 22 heavy (non-hydrogen) atoms. The van der Waals surface area contributed by atoms with Gasteiger partial charge in [0.2, 0.25) is 11.8 Å². The van der Waals surface area contributed by atoms with Crippen molar-refractivity contribution in [3.8, 4) is 0 Å². The van der Waals surface area contributed by atoms with Crippen molar-refractivity contribution in [1.82, 2.24) is 9.88 Å². The lowest BCUT2D eigenvalue weighted by atomic mass is 9.93. The molecule has 1 saturated heterocycles. The average Bonchev–Trinajstić information content (AvgIpc) is 2.85. The summed E-state index contributed by atoms with van der Waals surface area (Å²) in [6.45, 7) is 0. The Morgan fingerprint density at radius 2 is 1.91 bits per heavy atom. The maximum Gasteiger partial charge on any atom is 0.231 e. The molecule has 2 amide bonds. The first kappa shape index (κ1) is 14.3. The molecule has 0 bridgehead atoms. The molecule has 1 aliphatic rings. The van der Waals surface area contributed by atoms with Gasteiger partial charge in [0.15, 0.2) is 0 Å². The minimum atomic E-state index is -0.415. The van der Waals surface area contributed by atoms with Crippen LogP contribution in [-0.2, 0) is 9.59 Å². The molecule has 5 heteroatoms. The van der Waals surface area contributed by atoms with Crippen LogP contribution in [0.4, 0.5) is 5.82 Å². The van der Waals surface area contributed by atoms with E-state index < -0.39 is 5.92 Å². The van der Waals surface area contributed by atoms with Crippen molar-refractivity contribution in [2.75, 3.05) is 12.4 Å². The van der Waals surface area contributed by atoms with Gasteiger partial charge in [-0.25, -0.2) is 4.98 Å². The standard InChI is InChI=1S/C17H17N3O2/c1-20-15(21)11-13(16(20)12-7-3-2-4-8-12)17(22)19-14-9-5-6-10-18-14/h2-10,13,16H,11H2,1H3,(H,18,19,22). The second kappa shape index (κ2) is 5.97. The van der Waals surface area contributed by atoms with Gasteiger partial charge in [0, 0.05) is 19.7 Å². The molecule has 2 aromatic rings. The van der Waals surface area contributed by atoms with E-state index in [0.29, 0.717) is 5.82 Å². The molecular formula is C17H17N3O2. The fourth-order valence-corrected chi connectivity index (χ4v) is 2.87. The normalized spacial score (nSPS) is 21.0. The molecule has 1 aliphatic heterocycles. The van der Waals surface area contributed by atoms with Gasteiger partial charge in [-0.1, -0.05) is 36.4 Å². The van der Waals surface area contributed by atoms with E-state index in [9.17, 15) is 9.59 Å². The van der Waals surface area contributed by atoms with Crippen LogP contribution in [-0.4, -0.2) is 28.7 Å². The molecule has 0 aliphatic carbocycles. The number of anilines is 1.